The summed E-state index contributed by atoms with van der Waals surface area (Å²) < 4.78 is 9.81. The molecule has 0 atom stereocenters. The zero-order valence-electron chi connectivity index (χ0n) is 10.1. The van der Waals surface area contributed by atoms with Crippen molar-refractivity contribution >= 4 is 11.7 Å². The standard InChI is InChI=1S/C11H21NO4/c1-3-6-12-11(14)5-4-10(13)9-16-8-7-15-2/h3-9H2,1-2H3,(H,12,14). The van der Waals surface area contributed by atoms with Gasteiger partial charge in [-0.15, -0.1) is 0 Å². The van der Waals surface area contributed by atoms with Gasteiger partial charge in [0.2, 0.25) is 5.91 Å². The summed E-state index contributed by atoms with van der Waals surface area (Å²) in [5, 5.41) is 2.71. The van der Waals surface area contributed by atoms with Crippen LogP contribution in [0.15, 0.2) is 0 Å². The summed E-state index contributed by atoms with van der Waals surface area (Å²) in [6.07, 6.45) is 1.38. The van der Waals surface area contributed by atoms with Crippen LogP contribution in [0, 0.1) is 0 Å². The van der Waals surface area contributed by atoms with Crippen LogP contribution in [0.2, 0.25) is 0 Å². The van der Waals surface area contributed by atoms with Crippen molar-refractivity contribution in [1.82, 2.24) is 5.32 Å². The number of carbonyl (C=O) groups excluding carboxylic acids is 2. The van der Waals surface area contributed by atoms with E-state index in [2.05, 4.69) is 5.32 Å². The average molecular weight is 231 g/mol. The van der Waals surface area contributed by atoms with Crippen molar-refractivity contribution in [3.8, 4) is 0 Å². The lowest BCUT2D eigenvalue weighted by Gasteiger charge is -2.04. The van der Waals surface area contributed by atoms with E-state index in [1.807, 2.05) is 6.92 Å². The predicted octanol–water partition coefficient (Wildman–Crippen LogP) is 0.525. The number of amides is 1. The van der Waals surface area contributed by atoms with Crippen LogP contribution < -0.4 is 5.32 Å². The molecule has 0 aliphatic carbocycles. The fourth-order valence-corrected chi connectivity index (χ4v) is 1.01. The highest BCUT2D eigenvalue weighted by Crippen LogP contribution is 1.92. The molecule has 0 fully saturated rings. The number of ketones is 1. The molecule has 0 saturated heterocycles. The van der Waals surface area contributed by atoms with Gasteiger partial charge in [0.15, 0.2) is 5.78 Å². The zero-order chi connectivity index (χ0) is 12.2. The minimum Gasteiger partial charge on any atom is -0.382 e. The van der Waals surface area contributed by atoms with Crippen molar-refractivity contribution in [2.75, 3.05) is 33.5 Å². The molecule has 0 aromatic heterocycles. The van der Waals surface area contributed by atoms with Gasteiger partial charge in [-0.1, -0.05) is 6.92 Å². The van der Waals surface area contributed by atoms with Crippen molar-refractivity contribution in [2.45, 2.75) is 26.2 Å². The molecule has 0 aromatic carbocycles. The van der Waals surface area contributed by atoms with Crippen molar-refractivity contribution in [2.24, 2.45) is 0 Å². The topological polar surface area (TPSA) is 64.6 Å². The highest BCUT2D eigenvalue weighted by molar-refractivity contribution is 5.85. The third-order valence-electron chi connectivity index (χ3n) is 1.90. The van der Waals surface area contributed by atoms with Gasteiger partial charge in [-0.25, -0.2) is 0 Å². The monoisotopic (exact) mass is 231 g/mol. The zero-order valence-corrected chi connectivity index (χ0v) is 10.1. The number of nitrogens with one attached hydrogen (secondary N) is 1. The van der Waals surface area contributed by atoms with Crippen LogP contribution >= 0.6 is 0 Å². The normalized spacial score (nSPS) is 10.1. The maximum Gasteiger partial charge on any atom is 0.220 e. The van der Waals surface area contributed by atoms with E-state index in [4.69, 9.17) is 9.47 Å². The number of methoxy groups -OCH3 is 1. The second kappa shape index (κ2) is 10.6. The van der Waals surface area contributed by atoms with Crippen molar-refractivity contribution in [1.29, 1.82) is 0 Å². The second-order valence-corrected chi connectivity index (χ2v) is 3.43. The molecule has 0 heterocycles. The number of rotatable bonds is 10. The van der Waals surface area contributed by atoms with E-state index >= 15 is 0 Å². The van der Waals surface area contributed by atoms with Crippen LogP contribution in [0.1, 0.15) is 26.2 Å². The van der Waals surface area contributed by atoms with Gasteiger partial charge in [-0.3, -0.25) is 9.59 Å². The smallest absolute Gasteiger partial charge is 0.220 e. The number of hydrogen-bond donors (Lipinski definition) is 1. The number of hydrogen-bond acceptors (Lipinski definition) is 4. The van der Waals surface area contributed by atoms with E-state index in [0.717, 1.165) is 6.42 Å². The Bertz CT molecular complexity index is 206. The summed E-state index contributed by atoms with van der Waals surface area (Å²) >= 11 is 0. The fraction of sp³-hybridized carbons (Fsp3) is 0.818. The molecule has 0 unspecified atom stereocenters. The van der Waals surface area contributed by atoms with Gasteiger partial charge < -0.3 is 14.8 Å². The highest BCUT2D eigenvalue weighted by atomic mass is 16.5. The SMILES string of the molecule is CCCNC(=O)CCC(=O)COCCOC. The third kappa shape index (κ3) is 9.61. The quantitative estimate of drug-likeness (QED) is 0.557. The minimum absolute atomic E-state index is 0.0530. The molecule has 1 amide bonds. The molecule has 0 aliphatic rings. The van der Waals surface area contributed by atoms with Crippen LogP contribution in [-0.2, 0) is 19.1 Å². The summed E-state index contributed by atoms with van der Waals surface area (Å²) in [7, 11) is 1.57. The van der Waals surface area contributed by atoms with Gasteiger partial charge in [0.05, 0.1) is 13.2 Å². The van der Waals surface area contributed by atoms with E-state index in [1.165, 1.54) is 0 Å². The first-order valence-electron chi connectivity index (χ1n) is 5.55. The Morgan fingerprint density at radius 1 is 1.19 bits per heavy atom. The molecule has 0 radical (unpaired) electrons. The van der Waals surface area contributed by atoms with Gasteiger partial charge in [0, 0.05) is 26.5 Å². The first-order chi connectivity index (χ1) is 7.70. The summed E-state index contributed by atoms with van der Waals surface area (Å²) in [4.78, 5) is 22.4. The minimum atomic E-state index is -0.0768. The van der Waals surface area contributed by atoms with Gasteiger partial charge in [-0.2, -0.15) is 0 Å². The lowest BCUT2D eigenvalue weighted by atomic mass is 10.2. The highest BCUT2D eigenvalue weighted by Gasteiger charge is 2.06. The molecule has 0 spiro atoms. The van der Waals surface area contributed by atoms with Gasteiger partial charge in [0.25, 0.3) is 0 Å². The Balaban J connectivity index is 3.38. The Morgan fingerprint density at radius 3 is 2.56 bits per heavy atom. The van der Waals surface area contributed by atoms with E-state index < -0.39 is 0 Å². The van der Waals surface area contributed by atoms with Gasteiger partial charge in [0.1, 0.15) is 6.61 Å². The van der Waals surface area contributed by atoms with Crippen molar-refractivity contribution in [3.63, 3.8) is 0 Å². The van der Waals surface area contributed by atoms with Crippen LogP contribution in [-0.4, -0.2) is 45.2 Å². The van der Waals surface area contributed by atoms with Gasteiger partial charge >= 0.3 is 0 Å². The van der Waals surface area contributed by atoms with Crippen LogP contribution in [0.5, 0.6) is 0 Å². The molecule has 0 bridgehead atoms. The van der Waals surface area contributed by atoms with Gasteiger partial charge in [-0.05, 0) is 6.42 Å². The second-order valence-electron chi connectivity index (χ2n) is 3.43. The Hall–Kier alpha value is -0.940. The van der Waals surface area contributed by atoms with Crippen molar-refractivity contribution < 1.29 is 19.1 Å². The number of Topliss-reactive ketones (excluding diaryl/α,β-unsaturated/α-hetero) is 1. The maximum atomic E-state index is 11.2. The Morgan fingerprint density at radius 2 is 1.94 bits per heavy atom. The van der Waals surface area contributed by atoms with Crippen LogP contribution in [0.3, 0.4) is 0 Å². The molecular weight excluding hydrogens is 210 g/mol. The number of ether oxygens (including phenoxy) is 2. The molecule has 94 valence electrons. The lowest BCUT2D eigenvalue weighted by Crippen LogP contribution is -2.25. The third-order valence-corrected chi connectivity index (χ3v) is 1.90. The predicted molar refractivity (Wildman–Crippen MR) is 60.2 cm³/mol. The Kier molecular flexibility index (Phi) is 9.95. The summed E-state index contributed by atoms with van der Waals surface area (Å²) in [6.45, 7) is 3.59. The first-order valence-corrected chi connectivity index (χ1v) is 5.55. The molecule has 1 N–H and O–H groups in total. The van der Waals surface area contributed by atoms with Crippen LogP contribution in [0.4, 0.5) is 0 Å². The van der Waals surface area contributed by atoms with E-state index in [0.29, 0.717) is 19.8 Å². The van der Waals surface area contributed by atoms with Crippen LogP contribution in [0.25, 0.3) is 0 Å². The fourth-order valence-electron chi connectivity index (χ4n) is 1.01. The summed E-state index contributed by atoms with van der Waals surface area (Å²) in [5.41, 5.74) is 0. The average Bonchev–Trinajstić information content (AvgIpc) is 2.29. The molecule has 5 heteroatoms. The van der Waals surface area contributed by atoms with E-state index in [9.17, 15) is 9.59 Å². The molecule has 0 aliphatic heterocycles. The molecular formula is C11H21NO4. The van der Waals surface area contributed by atoms with Crippen molar-refractivity contribution in [3.05, 3.63) is 0 Å². The molecule has 16 heavy (non-hydrogen) atoms. The number of carbonyl (C=O) groups is 2. The summed E-state index contributed by atoms with van der Waals surface area (Å²) in [5.74, 6) is -0.130. The summed E-state index contributed by atoms with van der Waals surface area (Å²) in [6, 6.07) is 0. The molecule has 0 rings (SSSR count). The van der Waals surface area contributed by atoms with E-state index in [1.54, 1.807) is 7.11 Å². The first kappa shape index (κ1) is 15.1. The molecule has 0 aromatic rings. The Labute approximate surface area is 96.5 Å². The molecule has 5 nitrogen and oxygen atoms in total. The van der Waals surface area contributed by atoms with E-state index in [-0.39, 0.29) is 31.1 Å². The maximum absolute atomic E-state index is 11.2. The largest absolute Gasteiger partial charge is 0.382 e. The lowest BCUT2D eigenvalue weighted by molar-refractivity contribution is -0.128. The molecule has 0 saturated carbocycles.